The van der Waals surface area contributed by atoms with E-state index in [1.807, 2.05) is 86.6 Å². The van der Waals surface area contributed by atoms with Crippen LogP contribution >= 0.6 is 0 Å². The van der Waals surface area contributed by atoms with Gasteiger partial charge in [-0.05, 0) is 123 Å². The Balaban J connectivity index is 0.000000205. The summed E-state index contributed by atoms with van der Waals surface area (Å²) in [7, 11) is 0. The summed E-state index contributed by atoms with van der Waals surface area (Å²) in [4.78, 5) is 9.12. The molecule has 0 bridgehead atoms. The number of pyridine rings is 1. The molecule has 7 aromatic rings. The number of benzene rings is 6. The third-order valence-electron chi connectivity index (χ3n) is 13.4. The largest absolute Gasteiger partial charge is 0.441 e. The second-order valence-corrected chi connectivity index (χ2v) is 19.0. The third kappa shape index (κ3) is 15.6. The molecule has 1 heterocycles. The molecule has 78 heavy (non-hydrogen) atoms. The molecule has 6 aromatic carbocycles. The van der Waals surface area contributed by atoms with Crippen molar-refractivity contribution in [2.75, 3.05) is 38.3 Å². The van der Waals surface area contributed by atoms with Crippen molar-refractivity contribution in [2.24, 2.45) is 22.6 Å². The molecule has 0 unspecified atom stereocenters. The first kappa shape index (κ1) is 58.7. The van der Waals surface area contributed by atoms with Gasteiger partial charge in [0, 0.05) is 26.4 Å². The van der Waals surface area contributed by atoms with Gasteiger partial charge in [0.05, 0.1) is 17.1 Å². The molecule has 9 rings (SSSR count). The molecule has 0 aliphatic heterocycles. The normalized spacial score (nSPS) is 13.7. The number of hydrogen-bond acceptors (Lipinski definition) is 8. The quantitative estimate of drug-likeness (QED) is 0.0229. The Bertz CT molecular complexity index is 2750. The highest BCUT2D eigenvalue weighted by molar-refractivity contribution is 6.05. The molecule has 2 saturated carbocycles. The molecule has 408 valence electrons. The molecule has 3 N–H and O–H groups in total. The molecule has 8 nitrogen and oxygen atoms in total. The lowest BCUT2D eigenvalue weighted by molar-refractivity contribution is -0.142. The van der Waals surface area contributed by atoms with Crippen LogP contribution in [0.15, 0.2) is 193 Å². The standard InChI is InChI=1S/C33H35FN2O2.C28H26F3NO2.C5H11N/c1-3-37-32(38-4-2)30-23-29(31(34)28(35-30)22-24-20-21-24)36-33(25-14-8-5-9-15-25,26-16-10-6-11-17-26)27-18-12-7-13-19-27;1-3-33-26(34-4-2)21-20-25(28(29,30)31)32-27(22-14-8-5-9-15-22,23-16-10-6-11-17-23)24-18-12-7-13-19-24;6-4-3-5-1-2-5/h5-19,23-24,32H,3-4,20-22H2,1-2H3,(H,35,36);5-19,26H,3-4H2,1-2H3;5H,1-4,6H2. The van der Waals surface area contributed by atoms with E-state index in [9.17, 15) is 13.2 Å². The molecule has 12 heteroatoms. The third-order valence-corrected chi connectivity index (χ3v) is 13.4. The molecule has 2 aliphatic carbocycles. The van der Waals surface area contributed by atoms with E-state index in [-0.39, 0.29) is 19.0 Å². The monoisotopic (exact) mass is 1060 g/mol. The fourth-order valence-corrected chi connectivity index (χ4v) is 9.32. The summed E-state index contributed by atoms with van der Waals surface area (Å²) in [6.07, 6.45) is 0.431. The lowest BCUT2D eigenvalue weighted by atomic mass is 9.76. The summed E-state index contributed by atoms with van der Waals surface area (Å²) in [5, 5.41) is 3.70. The Morgan fingerprint density at radius 1 is 0.590 bits per heavy atom. The Morgan fingerprint density at radius 2 is 0.974 bits per heavy atom. The number of aromatic nitrogens is 1. The molecule has 0 atom stereocenters. The number of anilines is 1. The van der Waals surface area contributed by atoms with E-state index in [2.05, 4.69) is 58.5 Å². The predicted molar refractivity (Wildman–Crippen MR) is 303 cm³/mol. The van der Waals surface area contributed by atoms with E-state index in [4.69, 9.17) is 29.7 Å². The zero-order chi connectivity index (χ0) is 55.2. The fourth-order valence-electron chi connectivity index (χ4n) is 9.32. The maximum absolute atomic E-state index is 16.3. The average molecular weight is 1060 g/mol. The second-order valence-electron chi connectivity index (χ2n) is 19.0. The zero-order valence-corrected chi connectivity index (χ0v) is 45.1. The molecule has 0 amide bonds. The number of nitrogens with zero attached hydrogens (tertiary/aromatic N) is 2. The minimum absolute atomic E-state index is 0.250. The SMILES string of the molecule is CCOC(C#CC(=NC(c1ccccc1)(c1ccccc1)c1ccccc1)C(F)(F)F)OCC.CCOC(OCC)c1cc(NC(c2ccccc2)(c2ccccc2)c2ccccc2)c(F)c(CC2CC2)n1.NCCC1CC1. The minimum atomic E-state index is -4.79. The molecule has 2 aliphatic rings. The molecular weight excluding hydrogens is 989 g/mol. The van der Waals surface area contributed by atoms with Crippen LogP contribution in [0.3, 0.4) is 0 Å². The molecule has 1 aromatic heterocycles. The van der Waals surface area contributed by atoms with Gasteiger partial charge in [0.15, 0.2) is 11.5 Å². The van der Waals surface area contributed by atoms with E-state index in [0.717, 1.165) is 42.0 Å². The molecule has 2 fully saturated rings. The van der Waals surface area contributed by atoms with Crippen LogP contribution in [0.1, 0.15) is 111 Å². The van der Waals surface area contributed by atoms with Crippen molar-refractivity contribution in [3.8, 4) is 11.8 Å². The van der Waals surface area contributed by atoms with Crippen molar-refractivity contribution in [3.63, 3.8) is 0 Å². The first-order chi connectivity index (χ1) is 38.0. The topological polar surface area (TPSA) is 100 Å². The zero-order valence-electron chi connectivity index (χ0n) is 45.1. The summed E-state index contributed by atoms with van der Waals surface area (Å²) in [6.45, 7) is 9.61. The molecular formula is C66H72F4N4O4. The Labute approximate surface area is 458 Å². The van der Waals surface area contributed by atoms with Crippen LogP contribution in [0.2, 0.25) is 0 Å². The summed E-state index contributed by atoms with van der Waals surface area (Å²) >= 11 is 0. The Hall–Kier alpha value is -6.98. The minimum Gasteiger partial charge on any atom is -0.365 e. The average Bonchev–Trinajstić information content (AvgIpc) is 4.51. The van der Waals surface area contributed by atoms with Gasteiger partial charge in [-0.2, -0.15) is 13.2 Å². The van der Waals surface area contributed by atoms with Gasteiger partial charge in [0.1, 0.15) is 11.1 Å². The summed E-state index contributed by atoms with van der Waals surface area (Å²) in [6, 6.07) is 59.1. The fraction of sp³-hybridized carbons (Fsp3) is 0.333. The first-order valence-corrected chi connectivity index (χ1v) is 27.2. The van der Waals surface area contributed by atoms with E-state index < -0.39 is 35.5 Å². The highest BCUT2D eigenvalue weighted by atomic mass is 19.4. The van der Waals surface area contributed by atoms with Crippen molar-refractivity contribution in [3.05, 3.63) is 239 Å². The number of ether oxygens (including phenoxy) is 4. The maximum atomic E-state index is 16.3. The van der Waals surface area contributed by atoms with Crippen LogP contribution in [-0.4, -0.2) is 56.1 Å². The second kappa shape index (κ2) is 29.1. The van der Waals surface area contributed by atoms with Crippen molar-refractivity contribution < 1.29 is 36.5 Å². The van der Waals surface area contributed by atoms with Crippen LogP contribution in [0.25, 0.3) is 0 Å². The molecule has 0 radical (unpaired) electrons. The van der Waals surface area contributed by atoms with Gasteiger partial charge >= 0.3 is 6.18 Å². The number of nitrogens with one attached hydrogen (secondary N) is 1. The van der Waals surface area contributed by atoms with Gasteiger partial charge in [-0.1, -0.05) is 195 Å². The van der Waals surface area contributed by atoms with E-state index in [1.165, 1.54) is 19.3 Å². The van der Waals surface area contributed by atoms with Gasteiger partial charge in [0.2, 0.25) is 12.6 Å². The number of hydrogen-bond donors (Lipinski definition) is 2. The first-order valence-electron chi connectivity index (χ1n) is 27.2. The number of nitrogens with two attached hydrogens (primary N) is 1. The van der Waals surface area contributed by atoms with Crippen molar-refractivity contribution in [1.82, 2.24) is 4.98 Å². The lowest BCUT2D eigenvalue weighted by Crippen LogP contribution is -2.38. The predicted octanol–water partition coefficient (Wildman–Crippen LogP) is 14.8. The Morgan fingerprint density at radius 3 is 1.31 bits per heavy atom. The highest BCUT2D eigenvalue weighted by Gasteiger charge is 2.43. The maximum Gasteiger partial charge on any atom is 0.441 e. The van der Waals surface area contributed by atoms with Crippen molar-refractivity contribution in [2.45, 2.75) is 96.1 Å². The number of rotatable bonds is 22. The van der Waals surface area contributed by atoms with E-state index in [1.54, 1.807) is 92.7 Å². The van der Waals surface area contributed by atoms with Gasteiger partial charge in [0.25, 0.3) is 0 Å². The van der Waals surface area contributed by atoms with Gasteiger partial charge < -0.3 is 30.0 Å². The van der Waals surface area contributed by atoms with E-state index in [0.29, 0.717) is 59.3 Å². The van der Waals surface area contributed by atoms with Crippen LogP contribution in [0.4, 0.5) is 23.2 Å². The summed E-state index contributed by atoms with van der Waals surface area (Å²) in [5.74, 6) is 5.85. The summed E-state index contributed by atoms with van der Waals surface area (Å²) in [5.41, 5.74) is 7.91. The number of aliphatic imine (C=N–C) groups is 1. The molecule has 0 saturated heterocycles. The summed E-state index contributed by atoms with van der Waals surface area (Å²) < 4.78 is 81.7. The van der Waals surface area contributed by atoms with Crippen LogP contribution in [0, 0.1) is 29.5 Å². The van der Waals surface area contributed by atoms with Gasteiger partial charge in [-0.15, -0.1) is 0 Å². The van der Waals surface area contributed by atoms with Gasteiger partial charge in [-0.25, -0.2) is 9.37 Å². The van der Waals surface area contributed by atoms with Gasteiger partial charge in [-0.3, -0.25) is 4.99 Å². The Kier molecular flexibility index (Phi) is 21.9. The smallest absolute Gasteiger partial charge is 0.365 e. The number of alkyl halides is 3. The lowest BCUT2D eigenvalue weighted by Gasteiger charge is -2.38. The van der Waals surface area contributed by atoms with Crippen LogP contribution in [0.5, 0.6) is 0 Å². The van der Waals surface area contributed by atoms with E-state index >= 15 is 4.39 Å². The highest BCUT2D eigenvalue weighted by Crippen LogP contribution is 2.44. The van der Waals surface area contributed by atoms with Crippen molar-refractivity contribution >= 4 is 11.4 Å². The van der Waals surface area contributed by atoms with Crippen LogP contribution in [-0.2, 0) is 36.4 Å². The molecule has 0 spiro atoms. The van der Waals surface area contributed by atoms with Crippen LogP contribution < -0.4 is 11.1 Å². The number of halogens is 4. The van der Waals surface area contributed by atoms with Crippen molar-refractivity contribution in [1.29, 1.82) is 0 Å².